The average molecular weight is 226 g/mol. The largest absolute Gasteiger partial charge is 0.383 e. The minimum Gasteiger partial charge on any atom is -0.383 e. The lowest BCUT2D eigenvalue weighted by Gasteiger charge is -2.12. The molecule has 0 saturated heterocycles. The first kappa shape index (κ1) is 11.2. The molecule has 1 unspecified atom stereocenters. The van der Waals surface area contributed by atoms with Gasteiger partial charge < -0.3 is 10.6 Å². The highest BCUT2D eigenvalue weighted by molar-refractivity contribution is 5.70. The molecule has 1 heterocycles. The predicted octanol–water partition coefficient (Wildman–Crippen LogP) is 3.22. The number of halogens is 2. The van der Waals surface area contributed by atoms with Crippen LogP contribution in [0.25, 0.3) is 0 Å². The number of nitrogens with one attached hydrogen (secondary N) is 2. The number of hydrogen-bond acceptors (Lipinski definition) is 2. The van der Waals surface area contributed by atoms with Gasteiger partial charge >= 0.3 is 0 Å². The maximum Gasteiger partial charge on any atom is 0.151 e. The number of fused-ring (bicyclic) bond motifs is 1. The van der Waals surface area contributed by atoms with E-state index in [1.54, 1.807) is 0 Å². The quantitative estimate of drug-likeness (QED) is 0.809. The van der Waals surface area contributed by atoms with Crippen LogP contribution in [0.3, 0.4) is 0 Å². The lowest BCUT2D eigenvalue weighted by Crippen LogP contribution is -2.18. The highest BCUT2D eigenvalue weighted by atomic mass is 19.1. The van der Waals surface area contributed by atoms with E-state index in [1.165, 1.54) is 6.07 Å². The molecule has 2 nitrogen and oxygen atoms in total. The second-order valence-corrected chi connectivity index (χ2v) is 4.23. The van der Waals surface area contributed by atoms with Crippen LogP contribution in [-0.2, 0) is 0 Å². The Bertz CT molecular complexity index is 380. The van der Waals surface area contributed by atoms with Crippen LogP contribution in [0, 0.1) is 17.6 Å². The molecule has 16 heavy (non-hydrogen) atoms. The maximum atomic E-state index is 13.5. The first-order valence-corrected chi connectivity index (χ1v) is 5.67. The van der Waals surface area contributed by atoms with Gasteiger partial charge in [0.05, 0.1) is 11.4 Å². The maximum absolute atomic E-state index is 13.5. The summed E-state index contributed by atoms with van der Waals surface area (Å²) in [5.41, 5.74) is 0.913. The normalized spacial score (nSPS) is 19.3. The number of hydrogen-bond donors (Lipinski definition) is 2. The van der Waals surface area contributed by atoms with E-state index in [0.717, 1.165) is 32.0 Å². The van der Waals surface area contributed by atoms with Gasteiger partial charge in [-0.05, 0) is 18.4 Å². The fourth-order valence-corrected chi connectivity index (χ4v) is 2.08. The van der Waals surface area contributed by atoms with Crippen molar-refractivity contribution in [2.45, 2.75) is 19.8 Å². The number of benzene rings is 1. The van der Waals surface area contributed by atoms with E-state index in [-0.39, 0.29) is 0 Å². The highest BCUT2D eigenvalue weighted by Gasteiger charge is 2.18. The van der Waals surface area contributed by atoms with E-state index in [0.29, 0.717) is 17.3 Å². The second kappa shape index (κ2) is 4.68. The molecule has 4 heteroatoms. The van der Waals surface area contributed by atoms with Gasteiger partial charge in [-0.2, -0.15) is 0 Å². The minimum atomic E-state index is -0.542. The predicted molar refractivity (Wildman–Crippen MR) is 61.7 cm³/mol. The molecule has 0 fully saturated rings. The van der Waals surface area contributed by atoms with Crippen molar-refractivity contribution >= 4 is 11.4 Å². The van der Waals surface area contributed by atoms with Crippen LogP contribution in [0.5, 0.6) is 0 Å². The molecule has 88 valence electrons. The van der Waals surface area contributed by atoms with Gasteiger partial charge in [0.2, 0.25) is 0 Å². The SMILES string of the molecule is CCCC1CNc2cc(F)cc(F)c2NC1. The Morgan fingerprint density at radius 2 is 2.00 bits per heavy atom. The van der Waals surface area contributed by atoms with Crippen molar-refractivity contribution in [2.24, 2.45) is 5.92 Å². The summed E-state index contributed by atoms with van der Waals surface area (Å²) in [4.78, 5) is 0. The van der Waals surface area contributed by atoms with Gasteiger partial charge in [0.1, 0.15) is 5.82 Å². The van der Waals surface area contributed by atoms with Crippen LogP contribution >= 0.6 is 0 Å². The van der Waals surface area contributed by atoms with E-state index in [9.17, 15) is 8.78 Å². The second-order valence-electron chi connectivity index (χ2n) is 4.23. The van der Waals surface area contributed by atoms with Gasteiger partial charge in [0, 0.05) is 19.2 Å². The Hall–Kier alpha value is -1.32. The topological polar surface area (TPSA) is 24.1 Å². The van der Waals surface area contributed by atoms with E-state index >= 15 is 0 Å². The number of rotatable bonds is 2. The summed E-state index contributed by atoms with van der Waals surface area (Å²) in [6, 6.07) is 2.24. The Labute approximate surface area is 94.0 Å². The van der Waals surface area contributed by atoms with Crippen LogP contribution in [0.2, 0.25) is 0 Å². The Morgan fingerprint density at radius 3 is 2.75 bits per heavy atom. The van der Waals surface area contributed by atoms with Crippen molar-refractivity contribution < 1.29 is 8.78 Å². The van der Waals surface area contributed by atoms with Gasteiger partial charge in [-0.1, -0.05) is 13.3 Å². The molecule has 0 amide bonds. The van der Waals surface area contributed by atoms with Gasteiger partial charge in [0.25, 0.3) is 0 Å². The van der Waals surface area contributed by atoms with E-state index in [2.05, 4.69) is 17.6 Å². The average Bonchev–Trinajstić information content (AvgIpc) is 2.42. The van der Waals surface area contributed by atoms with E-state index in [1.807, 2.05) is 0 Å². The Morgan fingerprint density at radius 1 is 1.25 bits per heavy atom. The fraction of sp³-hybridized carbons (Fsp3) is 0.500. The highest BCUT2D eigenvalue weighted by Crippen LogP contribution is 2.29. The van der Waals surface area contributed by atoms with Crippen LogP contribution in [0.1, 0.15) is 19.8 Å². The van der Waals surface area contributed by atoms with Crippen molar-refractivity contribution in [3.63, 3.8) is 0 Å². The molecule has 0 radical (unpaired) electrons. The molecule has 0 aliphatic carbocycles. The molecule has 0 spiro atoms. The van der Waals surface area contributed by atoms with Crippen LogP contribution in [0.15, 0.2) is 12.1 Å². The summed E-state index contributed by atoms with van der Waals surface area (Å²) in [6.45, 7) is 3.62. The zero-order valence-electron chi connectivity index (χ0n) is 9.32. The molecular weight excluding hydrogens is 210 g/mol. The zero-order valence-corrected chi connectivity index (χ0v) is 9.32. The van der Waals surface area contributed by atoms with Crippen molar-refractivity contribution in [3.05, 3.63) is 23.8 Å². The Balaban J connectivity index is 2.20. The summed E-state index contributed by atoms with van der Waals surface area (Å²) < 4.78 is 26.5. The summed E-state index contributed by atoms with van der Waals surface area (Å²) in [5.74, 6) is -0.612. The van der Waals surface area contributed by atoms with Crippen molar-refractivity contribution in [2.75, 3.05) is 23.7 Å². The molecule has 0 bridgehead atoms. The van der Waals surface area contributed by atoms with Gasteiger partial charge in [-0.25, -0.2) is 8.78 Å². The summed E-state index contributed by atoms with van der Waals surface area (Å²) >= 11 is 0. The van der Waals surface area contributed by atoms with Gasteiger partial charge in [-0.3, -0.25) is 0 Å². The van der Waals surface area contributed by atoms with Gasteiger partial charge in [0.15, 0.2) is 5.82 Å². The molecule has 1 aliphatic heterocycles. The lowest BCUT2D eigenvalue weighted by molar-refractivity contribution is 0.530. The van der Waals surface area contributed by atoms with E-state index < -0.39 is 11.6 Å². The summed E-state index contributed by atoms with van der Waals surface area (Å²) in [6.07, 6.45) is 2.18. The molecule has 0 aromatic heterocycles. The Kier molecular flexibility index (Phi) is 3.27. The lowest BCUT2D eigenvalue weighted by atomic mass is 10.0. The first-order valence-electron chi connectivity index (χ1n) is 5.67. The number of anilines is 2. The minimum absolute atomic E-state index is 0.389. The molecule has 2 rings (SSSR count). The van der Waals surface area contributed by atoms with Crippen LogP contribution in [0.4, 0.5) is 20.2 Å². The summed E-state index contributed by atoms with van der Waals surface area (Å²) in [7, 11) is 0. The molecule has 1 aromatic carbocycles. The third kappa shape index (κ3) is 2.26. The molecule has 1 aliphatic rings. The third-order valence-corrected chi connectivity index (χ3v) is 2.90. The third-order valence-electron chi connectivity index (χ3n) is 2.90. The molecular formula is C12H16F2N2. The summed E-state index contributed by atoms with van der Waals surface area (Å²) in [5, 5.41) is 6.15. The standard InChI is InChI=1S/C12H16F2N2/c1-2-3-8-6-15-11-5-9(13)4-10(14)12(11)16-7-8/h4-5,8,15-16H,2-3,6-7H2,1H3. The smallest absolute Gasteiger partial charge is 0.151 e. The zero-order chi connectivity index (χ0) is 11.5. The van der Waals surface area contributed by atoms with Gasteiger partial charge in [-0.15, -0.1) is 0 Å². The first-order chi connectivity index (χ1) is 7.70. The van der Waals surface area contributed by atoms with Crippen molar-refractivity contribution in [1.82, 2.24) is 0 Å². The molecule has 1 aromatic rings. The molecule has 2 N–H and O–H groups in total. The van der Waals surface area contributed by atoms with Crippen LogP contribution < -0.4 is 10.6 Å². The molecule has 1 atom stereocenters. The van der Waals surface area contributed by atoms with Crippen molar-refractivity contribution in [1.29, 1.82) is 0 Å². The monoisotopic (exact) mass is 226 g/mol. The fourth-order valence-electron chi connectivity index (χ4n) is 2.08. The van der Waals surface area contributed by atoms with Crippen molar-refractivity contribution in [3.8, 4) is 0 Å². The van der Waals surface area contributed by atoms with E-state index in [4.69, 9.17) is 0 Å². The molecule has 0 saturated carbocycles. The van der Waals surface area contributed by atoms with Crippen LogP contribution in [-0.4, -0.2) is 13.1 Å².